The van der Waals surface area contributed by atoms with Crippen LogP contribution in [0.4, 0.5) is 4.79 Å². The smallest absolute Gasteiger partial charge is 0.378 e. The lowest BCUT2D eigenvalue weighted by molar-refractivity contribution is -0.869. The van der Waals surface area contributed by atoms with E-state index in [1.165, 1.54) is 26.6 Å². The Morgan fingerprint density at radius 3 is 1.30 bits per heavy atom. The van der Waals surface area contributed by atoms with Crippen LogP contribution >= 0.6 is 0 Å². The Bertz CT molecular complexity index is 1280. The Labute approximate surface area is 236 Å². The van der Waals surface area contributed by atoms with Crippen molar-refractivity contribution in [1.29, 1.82) is 0 Å². The molecule has 0 unspecified atom stereocenters. The number of carbonyl (C=O) groups is 1. The van der Waals surface area contributed by atoms with E-state index in [1.807, 2.05) is 6.07 Å². The zero-order chi connectivity index (χ0) is 27.5. The highest BCUT2D eigenvalue weighted by molar-refractivity contribution is 7.19. The minimum atomic E-state index is -1.22. The van der Waals surface area contributed by atoms with Gasteiger partial charge in [-0.1, -0.05) is 127 Å². The number of ether oxygens (including phenoxy) is 1. The van der Waals surface area contributed by atoms with Crippen molar-refractivity contribution in [2.75, 3.05) is 26.3 Å². The molecule has 0 atom stereocenters. The molecule has 6 heteroatoms. The van der Waals surface area contributed by atoms with Crippen LogP contribution in [0.1, 0.15) is 0 Å². The Kier molecular flexibility index (Phi) is 9.02. The second-order valence-corrected chi connectivity index (χ2v) is 9.70. The molecule has 0 N–H and O–H groups in total. The minimum absolute atomic E-state index is 0.338. The summed E-state index contributed by atoms with van der Waals surface area (Å²) in [7, 11) is 0. The monoisotopic (exact) mass is 528 g/mol. The van der Waals surface area contributed by atoms with E-state index >= 15 is 0 Å². The zero-order valence-corrected chi connectivity index (χ0v) is 22.5. The molecule has 1 aliphatic heterocycles. The van der Waals surface area contributed by atoms with E-state index in [0.29, 0.717) is 26.3 Å². The predicted molar refractivity (Wildman–Crippen MR) is 161 cm³/mol. The van der Waals surface area contributed by atoms with Crippen LogP contribution in [-0.2, 0) is 4.74 Å². The van der Waals surface area contributed by atoms with Crippen LogP contribution in [0.15, 0.2) is 152 Å². The van der Waals surface area contributed by atoms with E-state index in [0.717, 1.165) is 0 Å². The lowest BCUT2D eigenvalue weighted by atomic mass is 9.13. The van der Waals surface area contributed by atoms with Gasteiger partial charge in [0.25, 0.3) is 0 Å². The quantitative estimate of drug-likeness (QED) is 0.260. The molecule has 1 aliphatic rings. The average molecular weight is 528 g/mol. The van der Waals surface area contributed by atoms with Gasteiger partial charge in [-0.15, -0.1) is 0 Å². The van der Waals surface area contributed by atoms with E-state index in [2.05, 4.69) is 121 Å². The van der Waals surface area contributed by atoms with Crippen molar-refractivity contribution < 1.29 is 19.1 Å². The van der Waals surface area contributed by atoms with E-state index in [4.69, 9.17) is 9.57 Å². The van der Waals surface area contributed by atoms with Gasteiger partial charge in [0.1, 0.15) is 6.15 Å². The van der Waals surface area contributed by atoms with Crippen molar-refractivity contribution >= 4 is 34.1 Å². The van der Waals surface area contributed by atoms with Crippen LogP contribution in [0.2, 0.25) is 0 Å². The summed E-state index contributed by atoms with van der Waals surface area (Å²) in [4.78, 5) is 18.3. The summed E-state index contributed by atoms with van der Waals surface area (Å²) in [5, 5.41) is 0. The van der Waals surface area contributed by atoms with E-state index in [1.54, 1.807) is 29.4 Å². The minimum Gasteiger partial charge on any atom is -0.378 e. The number of amides is 1. The molecule has 1 fully saturated rings. The highest BCUT2D eigenvalue weighted by atomic mass is 16.7. The third-order valence-corrected chi connectivity index (χ3v) is 7.34. The highest BCUT2D eigenvalue weighted by Crippen LogP contribution is 2.09. The van der Waals surface area contributed by atoms with Gasteiger partial charge in [0.05, 0.1) is 13.2 Å². The standard InChI is InChI=1S/C24H20B.C10H13N2O3/c1-5-13-21(14-6-1)25(22-15-7-2-8-16-22,23-17-9-3-10-18-23)24-19-11-4-12-20-24;13-10(11-6-8-14-9-7-11)15-12-4-2-1-3-5-12/h1-20H;1-5H,6-9H2/q-1;+1. The van der Waals surface area contributed by atoms with Gasteiger partial charge >= 0.3 is 6.09 Å². The normalized spacial score (nSPS) is 13.1. The molecule has 1 amide bonds. The number of morpholine rings is 1. The van der Waals surface area contributed by atoms with Crippen LogP contribution in [0.3, 0.4) is 0 Å². The lowest BCUT2D eigenvalue weighted by Gasteiger charge is -2.44. The fourth-order valence-corrected chi connectivity index (χ4v) is 5.46. The van der Waals surface area contributed by atoms with E-state index in [9.17, 15) is 4.79 Å². The molecule has 1 saturated heterocycles. The summed E-state index contributed by atoms with van der Waals surface area (Å²) in [6, 6.07) is 49.0. The number of pyridine rings is 1. The van der Waals surface area contributed by atoms with Gasteiger partial charge in [0.2, 0.25) is 12.4 Å². The number of benzene rings is 4. The largest absolute Gasteiger partial charge is 0.478 e. The Morgan fingerprint density at radius 2 is 0.925 bits per heavy atom. The SMILES string of the molecule is O=C(O[n+]1ccccc1)N1CCOCC1.c1ccc([B-](c2ccccc2)(c2ccccc2)c2ccccc2)cc1. The van der Waals surface area contributed by atoms with Gasteiger partial charge in [-0.25, -0.2) is 4.79 Å². The lowest BCUT2D eigenvalue weighted by Crippen LogP contribution is -2.74. The molecule has 0 saturated carbocycles. The summed E-state index contributed by atoms with van der Waals surface area (Å²) in [6.07, 6.45) is 1.80. The van der Waals surface area contributed by atoms with Crippen molar-refractivity contribution in [2.45, 2.75) is 0 Å². The molecule has 0 aliphatic carbocycles. The van der Waals surface area contributed by atoms with E-state index in [-0.39, 0.29) is 6.09 Å². The molecule has 1 aromatic heterocycles. The van der Waals surface area contributed by atoms with Crippen LogP contribution in [-0.4, -0.2) is 43.4 Å². The van der Waals surface area contributed by atoms with Crippen molar-refractivity contribution in [3.05, 3.63) is 152 Å². The predicted octanol–water partition coefficient (Wildman–Crippen LogP) is 2.92. The zero-order valence-electron chi connectivity index (χ0n) is 22.5. The molecule has 40 heavy (non-hydrogen) atoms. The van der Waals surface area contributed by atoms with Crippen LogP contribution in [0.5, 0.6) is 0 Å². The Hall–Kier alpha value is -4.68. The fraction of sp³-hybridized carbons (Fsp3) is 0.118. The first kappa shape index (κ1) is 26.9. The number of carbonyl (C=O) groups excluding carboxylic acids is 1. The first-order valence-corrected chi connectivity index (χ1v) is 13.7. The van der Waals surface area contributed by atoms with Gasteiger partial charge in [-0.3, -0.25) is 4.90 Å². The summed E-state index contributed by atoms with van der Waals surface area (Å²) in [6.45, 7) is 2.33. The molecular formula is C34H33BN2O3. The second-order valence-electron chi connectivity index (χ2n) is 9.70. The summed E-state index contributed by atoms with van der Waals surface area (Å²) in [5.41, 5.74) is 5.36. The molecule has 0 bridgehead atoms. The first-order chi connectivity index (χ1) is 19.8. The van der Waals surface area contributed by atoms with Crippen molar-refractivity contribution in [3.63, 3.8) is 0 Å². The fourth-order valence-electron chi connectivity index (χ4n) is 5.46. The van der Waals surface area contributed by atoms with Crippen molar-refractivity contribution in [1.82, 2.24) is 4.90 Å². The highest BCUT2D eigenvalue weighted by Gasteiger charge is 2.31. The Morgan fingerprint density at radius 1 is 0.575 bits per heavy atom. The van der Waals surface area contributed by atoms with Crippen molar-refractivity contribution in [3.8, 4) is 0 Å². The van der Waals surface area contributed by atoms with Gasteiger partial charge in [-0.05, 0) is 0 Å². The Balaban J connectivity index is 0.000000184. The maximum absolute atomic E-state index is 11.6. The van der Waals surface area contributed by atoms with Gasteiger partial charge in [0, 0.05) is 30.0 Å². The average Bonchev–Trinajstić information content (AvgIpc) is 3.05. The van der Waals surface area contributed by atoms with Gasteiger partial charge in [-0.2, -0.15) is 26.7 Å². The summed E-state index contributed by atoms with van der Waals surface area (Å²) < 4.78 is 6.53. The molecule has 0 radical (unpaired) electrons. The first-order valence-electron chi connectivity index (χ1n) is 13.7. The van der Waals surface area contributed by atoms with Crippen LogP contribution in [0.25, 0.3) is 0 Å². The second kappa shape index (κ2) is 13.4. The summed E-state index contributed by atoms with van der Waals surface area (Å²) in [5.74, 6) is 0. The maximum atomic E-state index is 11.6. The number of hydrogen-bond donors (Lipinski definition) is 0. The molecule has 2 heterocycles. The number of rotatable bonds is 5. The van der Waals surface area contributed by atoms with E-state index < -0.39 is 6.15 Å². The topological polar surface area (TPSA) is 42.7 Å². The third kappa shape index (κ3) is 6.14. The van der Waals surface area contributed by atoms with Gasteiger partial charge < -0.3 is 4.74 Å². The molecule has 6 rings (SSSR count). The van der Waals surface area contributed by atoms with Crippen LogP contribution in [0, 0.1) is 0 Å². The molecule has 5 nitrogen and oxygen atoms in total. The number of hydrogen-bond acceptors (Lipinski definition) is 3. The summed E-state index contributed by atoms with van der Waals surface area (Å²) >= 11 is 0. The van der Waals surface area contributed by atoms with Gasteiger partial charge in [0.15, 0.2) is 0 Å². The third-order valence-electron chi connectivity index (χ3n) is 7.34. The number of nitrogens with zero attached hydrogens (tertiary/aromatic N) is 2. The van der Waals surface area contributed by atoms with Crippen molar-refractivity contribution in [2.24, 2.45) is 0 Å². The number of aromatic nitrogens is 1. The molecular weight excluding hydrogens is 495 g/mol. The molecule has 0 spiro atoms. The molecule has 200 valence electrons. The molecule has 5 aromatic rings. The maximum Gasteiger partial charge on any atom is 0.478 e. The van der Waals surface area contributed by atoms with Crippen LogP contribution < -0.4 is 31.4 Å². The molecule has 4 aromatic carbocycles.